The maximum atomic E-state index is 13.1. The number of hydrogen-bond acceptors (Lipinski definition) is 2. The van der Waals surface area contributed by atoms with Crippen molar-refractivity contribution in [2.45, 2.75) is 26.2 Å². The van der Waals surface area contributed by atoms with Gasteiger partial charge < -0.3 is 5.32 Å². The molecule has 27 heavy (non-hydrogen) atoms. The summed E-state index contributed by atoms with van der Waals surface area (Å²) in [5, 5.41) is 7.19. The number of rotatable bonds is 6. The summed E-state index contributed by atoms with van der Waals surface area (Å²) >= 11 is 0. The molecule has 0 unspecified atom stereocenters. The van der Waals surface area contributed by atoms with Crippen molar-refractivity contribution in [1.29, 1.82) is 0 Å². The summed E-state index contributed by atoms with van der Waals surface area (Å²) in [4.78, 5) is 12.4. The Hall–Kier alpha value is -2.95. The number of halogens is 1. The number of amides is 1. The van der Waals surface area contributed by atoms with Crippen LogP contribution in [0.15, 0.2) is 54.6 Å². The number of aryl methyl sites for hydroxylation is 1. The first-order valence-corrected chi connectivity index (χ1v) is 9.11. The Bertz CT molecular complexity index is 912. The average Bonchev–Trinajstić information content (AvgIpc) is 3.04. The van der Waals surface area contributed by atoms with E-state index in [1.54, 1.807) is 29.9 Å². The van der Waals surface area contributed by atoms with Gasteiger partial charge in [0.15, 0.2) is 5.69 Å². The molecule has 0 radical (unpaired) electrons. The fraction of sp³-hybridized carbons (Fsp3) is 0.273. The average molecular weight is 365 g/mol. The summed E-state index contributed by atoms with van der Waals surface area (Å²) in [6.07, 6.45) is 0.766. The second-order valence-electron chi connectivity index (χ2n) is 6.95. The van der Waals surface area contributed by atoms with E-state index in [4.69, 9.17) is 0 Å². The van der Waals surface area contributed by atoms with E-state index in [2.05, 4.69) is 48.5 Å². The molecule has 140 valence electrons. The Kier molecular flexibility index (Phi) is 5.69. The van der Waals surface area contributed by atoms with Crippen LogP contribution in [0.25, 0.3) is 11.3 Å². The largest absolute Gasteiger partial charge is 0.350 e. The maximum Gasteiger partial charge on any atom is 0.271 e. The van der Waals surface area contributed by atoms with Gasteiger partial charge in [-0.15, -0.1) is 0 Å². The van der Waals surface area contributed by atoms with Crippen LogP contribution in [0.3, 0.4) is 0 Å². The van der Waals surface area contributed by atoms with E-state index in [9.17, 15) is 9.18 Å². The Labute approximate surface area is 159 Å². The van der Waals surface area contributed by atoms with Crippen molar-refractivity contribution in [2.75, 3.05) is 6.54 Å². The fourth-order valence-corrected chi connectivity index (χ4v) is 2.95. The highest BCUT2D eigenvalue weighted by atomic mass is 19.1. The first-order chi connectivity index (χ1) is 12.9. The van der Waals surface area contributed by atoms with Crippen molar-refractivity contribution in [2.24, 2.45) is 7.05 Å². The van der Waals surface area contributed by atoms with Crippen molar-refractivity contribution in [1.82, 2.24) is 15.1 Å². The zero-order valence-electron chi connectivity index (χ0n) is 15.9. The molecular weight excluding hydrogens is 341 g/mol. The third-order valence-electron chi connectivity index (χ3n) is 4.60. The Morgan fingerprint density at radius 3 is 2.41 bits per heavy atom. The number of nitrogens with zero attached hydrogens (tertiary/aromatic N) is 2. The van der Waals surface area contributed by atoms with E-state index >= 15 is 0 Å². The monoisotopic (exact) mass is 365 g/mol. The lowest BCUT2D eigenvalue weighted by molar-refractivity contribution is 0.0948. The molecule has 0 bridgehead atoms. The summed E-state index contributed by atoms with van der Waals surface area (Å²) in [5.74, 6) is 0.0104. The van der Waals surface area contributed by atoms with Crippen LogP contribution in [-0.4, -0.2) is 22.2 Å². The topological polar surface area (TPSA) is 46.9 Å². The Morgan fingerprint density at radius 2 is 1.78 bits per heavy atom. The molecule has 1 aromatic heterocycles. The van der Waals surface area contributed by atoms with Gasteiger partial charge >= 0.3 is 0 Å². The van der Waals surface area contributed by atoms with Gasteiger partial charge in [0, 0.05) is 13.6 Å². The number of carbonyl (C=O) groups is 1. The van der Waals surface area contributed by atoms with Crippen molar-refractivity contribution in [3.8, 4) is 11.3 Å². The molecule has 0 saturated carbocycles. The maximum absolute atomic E-state index is 13.1. The molecule has 3 aromatic rings. The number of nitrogens with one attached hydrogen (secondary N) is 1. The molecule has 0 atom stereocenters. The summed E-state index contributed by atoms with van der Waals surface area (Å²) < 4.78 is 14.7. The van der Waals surface area contributed by atoms with Gasteiger partial charge in [-0.2, -0.15) is 5.10 Å². The molecule has 2 aromatic carbocycles. The predicted molar refractivity (Wildman–Crippen MR) is 105 cm³/mol. The SMILES string of the molecule is CC(C)c1ccc(CCNC(=O)c2cc(-c3ccc(F)cc3)n(C)n2)cc1. The van der Waals surface area contributed by atoms with Crippen molar-refractivity contribution in [3.63, 3.8) is 0 Å². The van der Waals surface area contributed by atoms with Crippen LogP contribution in [-0.2, 0) is 13.5 Å². The van der Waals surface area contributed by atoms with Crippen molar-refractivity contribution < 1.29 is 9.18 Å². The highest BCUT2D eigenvalue weighted by molar-refractivity contribution is 5.93. The second kappa shape index (κ2) is 8.16. The number of benzene rings is 2. The molecule has 1 amide bonds. The predicted octanol–water partition coefficient (Wildman–Crippen LogP) is 4.32. The van der Waals surface area contributed by atoms with Crippen LogP contribution < -0.4 is 5.32 Å². The molecule has 4 nitrogen and oxygen atoms in total. The van der Waals surface area contributed by atoms with Crippen LogP contribution in [0.5, 0.6) is 0 Å². The first-order valence-electron chi connectivity index (χ1n) is 9.11. The van der Waals surface area contributed by atoms with E-state index in [-0.39, 0.29) is 11.7 Å². The lowest BCUT2D eigenvalue weighted by atomic mass is 10.0. The molecule has 0 aliphatic carbocycles. The van der Waals surface area contributed by atoms with Gasteiger partial charge in [0.05, 0.1) is 5.69 Å². The van der Waals surface area contributed by atoms with Crippen LogP contribution in [0.2, 0.25) is 0 Å². The second-order valence-corrected chi connectivity index (χ2v) is 6.95. The highest BCUT2D eigenvalue weighted by Crippen LogP contribution is 2.20. The third kappa shape index (κ3) is 4.61. The molecular formula is C22H24FN3O. The van der Waals surface area contributed by atoms with E-state index in [0.29, 0.717) is 18.2 Å². The molecule has 0 aliphatic rings. The summed E-state index contributed by atoms with van der Waals surface area (Å²) in [6.45, 7) is 4.88. The normalized spacial score (nSPS) is 11.0. The van der Waals surface area contributed by atoms with E-state index in [1.807, 2.05) is 0 Å². The molecule has 0 saturated heterocycles. The Balaban J connectivity index is 1.60. The smallest absolute Gasteiger partial charge is 0.271 e. The molecule has 0 aliphatic heterocycles. The number of hydrogen-bond donors (Lipinski definition) is 1. The summed E-state index contributed by atoms with van der Waals surface area (Å²) in [5.41, 5.74) is 4.43. The molecule has 3 rings (SSSR count). The molecule has 5 heteroatoms. The first kappa shape index (κ1) is 18.8. The quantitative estimate of drug-likeness (QED) is 0.707. The Morgan fingerprint density at radius 1 is 1.11 bits per heavy atom. The summed E-state index contributed by atoms with van der Waals surface area (Å²) in [7, 11) is 1.77. The zero-order chi connectivity index (χ0) is 19.4. The van der Waals surface area contributed by atoms with E-state index < -0.39 is 0 Å². The third-order valence-corrected chi connectivity index (χ3v) is 4.60. The van der Waals surface area contributed by atoms with Gasteiger partial charge in [0.2, 0.25) is 0 Å². The number of carbonyl (C=O) groups excluding carboxylic acids is 1. The van der Waals surface area contributed by atoms with Crippen molar-refractivity contribution in [3.05, 3.63) is 77.2 Å². The minimum atomic E-state index is -0.291. The van der Waals surface area contributed by atoms with Crippen LogP contribution in [0, 0.1) is 5.82 Å². The molecule has 0 fully saturated rings. The van der Waals surface area contributed by atoms with Crippen LogP contribution in [0.4, 0.5) is 4.39 Å². The zero-order valence-corrected chi connectivity index (χ0v) is 15.9. The highest BCUT2D eigenvalue weighted by Gasteiger charge is 2.13. The van der Waals surface area contributed by atoms with Crippen molar-refractivity contribution >= 4 is 5.91 Å². The van der Waals surface area contributed by atoms with Crippen LogP contribution in [0.1, 0.15) is 41.4 Å². The lowest BCUT2D eigenvalue weighted by Crippen LogP contribution is -2.26. The minimum absolute atomic E-state index is 0.210. The fourth-order valence-electron chi connectivity index (χ4n) is 2.95. The van der Waals surface area contributed by atoms with Gasteiger partial charge in [0.25, 0.3) is 5.91 Å². The van der Waals surface area contributed by atoms with Gasteiger partial charge in [0.1, 0.15) is 5.82 Å². The van der Waals surface area contributed by atoms with Gasteiger partial charge in [-0.1, -0.05) is 38.1 Å². The lowest BCUT2D eigenvalue weighted by Gasteiger charge is -2.07. The molecule has 1 N–H and O–H groups in total. The molecule has 1 heterocycles. The van der Waals surface area contributed by atoms with Gasteiger partial charge in [-0.3, -0.25) is 9.48 Å². The van der Waals surface area contributed by atoms with Gasteiger partial charge in [-0.05, 0) is 59.4 Å². The van der Waals surface area contributed by atoms with E-state index in [1.165, 1.54) is 23.3 Å². The van der Waals surface area contributed by atoms with E-state index in [0.717, 1.165) is 17.7 Å². The van der Waals surface area contributed by atoms with Crippen LogP contribution >= 0.6 is 0 Å². The minimum Gasteiger partial charge on any atom is -0.350 e. The van der Waals surface area contributed by atoms with Gasteiger partial charge in [-0.25, -0.2) is 4.39 Å². The molecule has 0 spiro atoms. The standard InChI is InChI=1S/C22H24FN3O/c1-15(2)17-6-4-16(5-7-17)12-13-24-22(27)20-14-21(26(3)25-20)18-8-10-19(23)11-9-18/h4-11,14-15H,12-13H2,1-3H3,(H,24,27). The number of aromatic nitrogens is 2. The summed E-state index contributed by atoms with van der Waals surface area (Å²) in [6, 6.07) is 16.3.